The van der Waals surface area contributed by atoms with Crippen LogP contribution in [-0.2, 0) is 20.4 Å². The van der Waals surface area contributed by atoms with Gasteiger partial charge in [-0.2, -0.15) is 0 Å². The van der Waals surface area contributed by atoms with Crippen molar-refractivity contribution in [3.05, 3.63) is 44.9 Å². The topological polar surface area (TPSA) is 0 Å². The van der Waals surface area contributed by atoms with Gasteiger partial charge in [-0.25, -0.2) is 0 Å². The second-order valence-electron chi connectivity index (χ2n) is 11.1. The minimum Gasteiger partial charge on any atom is -1.00 e. The Balaban J connectivity index is 0.00000420. The van der Waals surface area contributed by atoms with Gasteiger partial charge >= 0.3 is 192 Å². The molecular formula is C26H41Cl2STi. The number of thioether (sulfide) groups is 1. The Hall–Kier alpha value is 0.604. The first-order valence-electron chi connectivity index (χ1n) is 11.0. The zero-order valence-electron chi connectivity index (χ0n) is 20.5. The van der Waals surface area contributed by atoms with E-state index in [4.69, 9.17) is 0 Å². The van der Waals surface area contributed by atoms with Gasteiger partial charge in [0.15, 0.2) is 0 Å². The van der Waals surface area contributed by atoms with E-state index in [9.17, 15) is 0 Å². The van der Waals surface area contributed by atoms with Crippen molar-refractivity contribution in [2.75, 3.05) is 5.75 Å². The van der Waals surface area contributed by atoms with Crippen molar-refractivity contribution in [3.63, 3.8) is 0 Å². The second-order valence-corrected chi connectivity index (χ2v) is 13.4. The summed E-state index contributed by atoms with van der Waals surface area (Å²) in [4.78, 5) is 0. The molecule has 0 nitrogen and oxygen atoms in total. The zero-order chi connectivity index (χ0) is 21.4. The zero-order valence-corrected chi connectivity index (χ0v) is 24.4. The van der Waals surface area contributed by atoms with Gasteiger partial charge in [0.05, 0.1) is 0 Å². The molecule has 2 aliphatic carbocycles. The van der Waals surface area contributed by atoms with Crippen molar-refractivity contribution >= 4 is 11.8 Å². The van der Waals surface area contributed by atoms with Gasteiger partial charge in [0, 0.05) is 0 Å². The molecule has 4 heteroatoms. The van der Waals surface area contributed by atoms with Crippen molar-refractivity contribution in [2.24, 2.45) is 16.2 Å². The van der Waals surface area contributed by atoms with E-state index in [-0.39, 0.29) is 45.8 Å². The first kappa shape index (κ1) is 30.6. The second kappa shape index (κ2) is 11.2. The van der Waals surface area contributed by atoms with Crippen LogP contribution in [0.2, 0.25) is 0 Å². The van der Waals surface area contributed by atoms with Crippen LogP contribution in [0.5, 0.6) is 0 Å². The summed E-state index contributed by atoms with van der Waals surface area (Å²) in [5.74, 6) is 1.24. The number of allylic oxidation sites excluding steroid dienone is 7. The van der Waals surface area contributed by atoms with Crippen LogP contribution in [0.3, 0.4) is 0 Å². The average molecular weight is 504 g/mol. The van der Waals surface area contributed by atoms with E-state index in [1.165, 1.54) is 24.2 Å². The fourth-order valence-electron chi connectivity index (χ4n) is 4.65. The molecule has 2 rings (SSSR count). The fourth-order valence-corrected chi connectivity index (χ4v) is 7.42. The van der Waals surface area contributed by atoms with Gasteiger partial charge < -0.3 is 24.8 Å². The van der Waals surface area contributed by atoms with Crippen LogP contribution in [0, 0.1) is 16.2 Å². The minimum absolute atomic E-state index is 0. The molecule has 0 aromatic rings. The number of halogens is 2. The quantitative estimate of drug-likeness (QED) is 0.396. The minimum atomic E-state index is 0. The van der Waals surface area contributed by atoms with Crippen LogP contribution in [0.4, 0.5) is 0 Å². The summed E-state index contributed by atoms with van der Waals surface area (Å²) in [7, 11) is 0. The number of hydrogen-bond donors (Lipinski definition) is 0. The van der Waals surface area contributed by atoms with Crippen molar-refractivity contribution in [2.45, 2.75) is 92.7 Å². The summed E-state index contributed by atoms with van der Waals surface area (Å²) >= 11 is 4.57. The molecule has 0 saturated carbocycles. The molecule has 0 bridgehead atoms. The Kier molecular flexibility index (Phi) is 11.4. The normalized spacial score (nSPS) is 22.4. The third-order valence-electron chi connectivity index (χ3n) is 6.48. The molecule has 0 fully saturated rings. The van der Waals surface area contributed by atoms with Crippen molar-refractivity contribution in [1.82, 2.24) is 0 Å². The molecule has 0 radical (unpaired) electrons. The molecule has 0 aromatic carbocycles. The van der Waals surface area contributed by atoms with Gasteiger partial charge in [0.25, 0.3) is 0 Å². The molecule has 169 valence electrons. The standard InChI is InChI=1S/C26H41S.2ClH.Ti/c1-10-11-18-27-26(25(8,9)20-14-12-13-15-20)17-16-21(23(2,3)4)19-22(26)24(5,6)7;;;/h12,14,16,19H,10-11,13,17-18H2,1-9H3;2*1H;/q;;;+2/p-2. The molecule has 0 amide bonds. The summed E-state index contributed by atoms with van der Waals surface area (Å²) in [5.41, 5.74) is 5.16. The van der Waals surface area contributed by atoms with Crippen LogP contribution in [0.1, 0.15) is 88.0 Å². The van der Waals surface area contributed by atoms with Crippen LogP contribution < -0.4 is 24.8 Å². The van der Waals surface area contributed by atoms with E-state index >= 15 is 0 Å². The van der Waals surface area contributed by atoms with Gasteiger partial charge in [0.1, 0.15) is 0 Å². The average Bonchev–Trinajstić information content (AvgIpc) is 3.00. The van der Waals surface area contributed by atoms with Gasteiger partial charge in [-0.1, -0.05) is 0 Å². The van der Waals surface area contributed by atoms with Crippen molar-refractivity contribution in [1.29, 1.82) is 0 Å². The maximum Gasteiger partial charge on any atom is -1.00 e. The van der Waals surface area contributed by atoms with Crippen LogP contribution >= 0.6 is 11.8 Å². The molecular weight excluding hydrogens is 463 g/mol. The molecule has 0 aliphatic heterocycles. The van der Waals surface area contributed by atoms with E-state index in [0.717, 1.165) is 12.8 Å². The van der Waals surface area contributed by atoms with Gasteiger partial charge in [-0.15, -0.1) is 0 Å². The Morgan fingerprint density at radius 3 is 2.03 bits per heavy atom. The summed E-state index contributed by atoms with van der Waals surface area (Å²) in [5, 5.41) is 0. The molecule has 0 spiro atoms. The van der Waals surface area contributed by atoms with Gasteiger partial charge in [-0.05, 0) is 0 Å². The van der Waals surface area contributed by atoms with Crippen LogP contribution in [0.25, 0.3) is 0 Å². The van der Waals surface area contributed by atoms with E-state index in [1.54, 1.807) is 15.0 Å². The molecule has 1 atom stereocenters. The maximum atomic E-state index is 2.58. The molecule has 2 aliphatic rings. The number of rotatable bonds is 6. The molecule has 1 unspecified atom stereocenters. The molecule has 30 heavy (non-hydrogen) atoms. The molecule has 0 aromatic heterocycles. The van der Waals surface area contributed by atoms with Gasteiger partial charge in [0.2, 0.25) is 0 Å². The van der Waals surface area contributed by atoms with Crippen LogP contribution in [0.15, 0.2) is 44.9 Å². The Morgan fingerprint density at radius 1 is 1.00 bits per heavy atom. The Labute approximate surface area is 215 Å². The third-order valence-corrected chi connectivity index (χ3v) is 9.10. The number of hydrogen-bond acceptors (Lipinski definition) is 1. The predicted octanol–water partition coefficient (Wildman–Crippen LogP) is 2.40. The first-order valence-corrected chi connectivity index (χ1v) is 12.7. The largest absolute Gasteiger partial charge is 1.00 e. The monoisotopic (exact) mass is 503 g/mol. The summed E-state index contributed by atoms with van der Waals surface area (Å²) in [6.07, 6.45) is 14.7. The van der Waals surface area contributed by atoms with E-state index in [0.29, 0.717) is 0 Å². The molecule has 0 saturated heterocycles. The van der Waals surface area contributed by atoms with Crippen molar-refractivity contribution in [3.8, 4) is 0 Å². The predicted molar refractivity (Wildman–Crippen MR) is 124 cm³/mol. The fraction of sp³-hybridized carbons (Fsp3) is 0.692. The van der Waals surface area contributed by atoms with E-state index in [1.807, 2.05) is 0 Å². The summed E-state index contributed by atoms with van der Waals surface area (Å²) < 4.78 is 1.67. The number of unbranched alkanes of at least 4 members (excludes halogenated alkanes) is 1. The summed E-state index contributed by atoms with van der Waals surface area (Å²) in [6, 6.07) is 0. The van der Waals surface area contributed by atoms with Gasteiger partial charge in [-0.3, -0.25) is 0 Å². The molecule has 0 N–H and O–H groups in total. The maximum absolute atomic E-state index is 2.58. The van der Waals surface area contributed by atoms with E-state index < -0.39 is 0 Å². The summed E-state index contributed by atoms with van der Waals surface area (Å²) in [6.45, 7) is 21.6. The smallest absolute Gasteiger partial charge is 1.00 e. The third kappa shape index (κ3) is 6.14. The van der Waals surface area contributed by atoms with E-state index in [2.05, 4.69) is 119 Å². The Morgan fingerprint density at radius 2 is 1.60 bits per heavy atom. The SMILES string of the molecule is CCCCSC1(C(C)(C)C2=[C]([Ti+2])CC=C2)CC=C(C(C)(C)C)C=C1C(C)(C)C.[Cl-].[Cl-]. The van der Waals surface area contributed by atoms with Crippen molar-refractivity contribution < 1.29 is 45.2 Å². The molecule has 0 heterocycles. The Bertz CT molecular complexity index is 714. The van der Waals surface area contributed by atoms with Crippen LogP contribution in [-0.4, -0.2) is 10.5 Å². The first-order chi connectivity index (χ1) is 12.8.